The quantitative estimate of drug-likeness (QED) is 0.555. The second kappa shape index (κ2) is 8.33. The second-order valence-electron chi connectivity index (χ2n) is 6.06. The van der Waals surface area contributed by atoms with Gasteiger partial charge >= 0.3 is 0 Å². The molecule has 0 unspecified atom stereocenters. The first-order valence-corrected chi connectivity index (χ1v) is 9.15. The lowest BCUT2D eigenvalue weighted by Crippen LogP contribution is -2.22. The molecule has 3 rings (SSSR count). The molecule has 0 aliphatic carbocycles. The number of aromatic nitrogens is 3. The van der Waals surface area contributed by atoms with E-state index >= 15 is 0 Å². The van der Waals surface area contributed by atoms with Gasteiger partial charge in [-0.15, -0.1) is 5.10 Å². The minimum Gasteiger partial charge on any atom is -0.494 e. The average Bonchev–Trinajstić information content (AvgIpc) is 3.25. The number of hydrogen-bond donors (Lipinski definition) is 0. The van der Waals surface area contributed by atoms with Gasteiger partial charge in [0.1, 0.15) is 5.75 Å². The Labute approximate surface area is 158 Å². The fraction of sp³-hybridized carbons (Fsp3) is 0.368. The lowest BCUT2D eigenvalue weighted by molar-refractivity contribution is 0.243. The Morgan fingerprint density at radius 3 is 2.58 bits per heavy atom. The number of furan rings is 1. The molecule has 2 aromatic heterocycles. The van der Waals surface area contributed by atoms with Gasteiger partial charge in [0.05, 0.1) is 19.5 Å². The lowest BCUT2D eigenvalue weighted by Gasteiger charge is -2.16. The molecule has 0 spiro atoms. The summed E-state index contributed by atoms with van der Waals surface area (Å²) in [6.45, 7) is 6.86. The first-order valence-electron chi connectivity index (χ1n) is 8.74. The van der Waals surface area contributed by atoms with Crippen LogP contribution >= 0.6 is 12.2 Å². The molecular weight excluding hydrogens is 348 g/mol. The summed E-state index contributed by atoms with van der Waals surface area (Å²) < 4.78 is 15.5. The van der Waals surface area contributed by atoms with E-state index in [1.54, 1.807) is 6.26 Å². The highest BCUT2D eigenvalue weighted by atomic mass is 32.1. The fourth-order valence-corrected chi connectivity index (χ4v) is 3.17. The normalized spacial score (nSPS) is 11.2. The van der Waals surface area contributed by atoms with Gasteiger partial charge in [0.25, 0.3) is 0 Å². The van der Waals surface area contributed by atoms with E-state index in [9.17, 15) is 0 Å². The molecular formula is C19H24N4O2S. The molecule has 0 amide bonds. The number of ether oxygens (including phenoxy) is 1. The van der Waals surface area contributed by atoms with Crippen LogP contribution in [0.15, 0.2) is 47.1 Å². The van der Waals surface area contributed by atoms with E-state index in [1.165, 1.54) is 5.56 Å². The zero-order valence-corrected chi connectivity index (χ0v) is 16.2. The van der Waals surface area contributed by atoms with Crippen molar-refractivity contribution in [3.8, 4) is 17.3 Å². The number of hydrogen-bond acceptors (Lipinski definition) is 5. The third kappa shape index (κ3) is 4.05. The van der Waals surface area contributed by atoms with Crippen LogP contribution in [-0.4, -0.2) is 32.9 Å². The van der Waals surface area contributed by atoms with Crippen molar-refractivity contribution in [2.45, 2.75) is 33.6 Å². The standard InChI is InChI=1S/C19H24N4O2S/c1-4-22-18(17-7-6-12-25-17)20-23(19(22)26)14-21(3)13-15-8-10-16(11-9-15)24-5-2/h6-12H,4-5,13-14H2,1-3H3. The maximum atomic E-state index is 5.59. The van der Waals surface area contributed by atoms with Gasteiger partial charge in [0, 0.05) is 13.1 Å². The Morgan fingerprint density at radius 2 is 1.96 bits per heavy atom. The molecule has 7 heteroatoms. The molecule has 0 saturated heterocycles. The molecule has 26 heavy (non-hydrogen) atoms. The summed E-state index contributed by atoms with van der Waals surface area (Å²) in [6, 6.07) is 11.9. The molecule has 138 valence electrons. The van der Waals surface area contributed by atoms with Crippen molar-refractivity contribution >= 4 is 12.2 Å². The van der Waals surface area contributed by atoms with Crippen LogP contribution in [0.2, 0.25) is 0 Å². The van der Waals surface area contributed by atoms with Crippen molar-refractivity contribution in [1.82, 2.24) is 19.2 Å². The van der Waals surface area contributed by atoms with Crippen LogP contribution in [0, 0.1) is 4.77 Å². The third-order valence-corrected chi connectivity index (χ3v) is 4.47. The van der Waals surface area contributed by atoms with Crippen molar-refractivity contribution in [1.29, 1.82) is 0 Å². The molecule has 0 bridgehead atoms. The summed E-state index contributed by atoms with van der Waals surface area (Å²) in [5.41, 5.74) is 1.21. The SMILES string of the molecule is CCOc1ccc(CN(C)Cn2nc(-c3ccco3)n(CC)c2=S)cc1. The first-order chi connectivity index (χ1) is 12.6. The van der Waals surface area contributed by atoms with E-state index < -0.39 is 0 Å². The van der Waals surface area contributed by atoms with E-state index in [0.29, 0.717) is 18.0 Å². The Kier molecular flexibility index (Phi) is 5.90. The highest BCUT2D eigenvalue weighted by molar-refractivity contribution is 7.71. The van der Waals surface area contributed by atoms with Gasteiger partial charge in [0.15, 0.2) is 16.4 Å². The Hall–Kier alpha value is -2.38. The van der Waals surface area contributed by atoms with Gasteiger partial charge < -0.3 is 9.15 Å². The Bertz CT molecular complexity index is 881. The van der Waals surface area contributed by atoms with Crippen molar-refractivity contribution in [3.63, 3.8) is 0 Å². The summed E-state index contributed by atoms with van der Waals surface area (Å²) >= 11 is 5.59. The zero-order chi connectivity index (χ0) is 18.5. The van der Waals surface area contributed by atoms with Gasteiger partial charge in [-0.1, -0.05) is 12.1 Å². The van der Waals surface area contributed by atoms with Crippen LogP contribution in [0.1, 0.15) is 19.4 Å². The van der Waals surface area contributed by atoms with Crippen LogP contribution < -0.4 is 4.74 Å². The van der Waals surface area contributed by atoms with Crippen LogP contribution in [0.4, 0.5) is 0 Å². The molecule has 0 aliphatic rings. The average molecular weight is 372 g/mol. The largest absolute Gasteiger partial charge is 0.494 e. The van der Waals surface area contributed by atoms with Crippen molar-refractivity contribution in [3.05, 3.63) is 53.0 Å². The Morgan fingerprint density at radius 1 is 1.19 bits per heavy atom. The summed E-state index contributed by atoms with van der Waals surface area (Å²) in [7, 11) is 2.05. The summed E-state index contributed by atoms with van der Waals surface area (Å²) in [5, 5.41) is 4.66. The van der Waals surface area contributed by atoms with Gasteiger partial charge in [-0.05, 0) is 62.9 Å². The van der Waals surface area contributed by atoms with Gasteiger partial charge in [0.2, 0.25) is 0 Å². The van der Waals surface area contributed by atoms with Crippen molar-refractivity contribution < 1.29 is 9.15 Å². The minimum absolute atomic E-state index is 0.604. The third-order valence-electron chi connectivity index (χ3n) is 4.04. The van der Waals surface area contributed by atoms with Crippen LogP contribution in [0.3, 0.4) is 0 Å². The van der Waals surface area contributed by atoms with Crippen molar-refractivity contribution in [2.75, 3.05) is 13.7 Å². The molecule has 2 heterocycles. The predicted molar refractivity (Wildman–Crippen MR) is 104 cm³/mol. The number of rotatable bonds is 8. The summed E-state index contributed by atoms with van der Waals surface area (Å²) in [4.78, 5) is 2.17. The lowest BCUT2D eigenvalue weighted by atomic mass is 10.2. The van der Waals surface area contributed by atoms with Gasteiger partial charge in [-0.2, -0.15) is 0 Å². The number of benzene rings is 1. The number of nitrogens with zero attached hydrogens (tertiary/aromatic N) is 4. The topological polar surface area (TPSA) is 48.4 Å². The fourth-order valence-electron chi connectivity index (χ4n) is 2.85. The van der Waals surface area contributed by atoms with E-state index in [0.717, 1.165) is 30.4 Å². The summed E-state index contributed by atoms with van der Waals surface area (Å²) in [5.74, 6) is 2.38. The van der Waals surface area contributed by atoms with Crippen LogP contribution in [-0.2, 0) is 19.8 Å². The van der Waals surface area contributed by atoms with Crippen LogP contribution in [0.5, 0.6) is 5.75 Å². The van der Waals surface area contributed by atoms with Gasteiger partial charge in [-0.3, -0.25) is 9.47 Å². The molecule has 0 radical (unpaired) electrons. The van der Waals surface area contributed by atoms with E-state index in [-0.39, 0.29) is 0 Å². The zero-order valence-electron chi connectivity index (χ0n) is 15.4. The molecule has 0 aliphatic heterocycles. The molecule has 0 fully saturated rings. The predicted octanol–water partition coefficient (Wildman–Crippen LogP) is 4.18. The van der Waals surface area contributed by atoms with Crippen molar-refractivity contribution in [2.24, 2.45) is 0 Å². The van der Waals surface area contributed by atoms with E-state index in [4.69, 9.17) is 21.4 Å². The first kappa shape index (κ1) is 18.4. The van der Waals surface area contributed by atoms with E-state index in [2.05, 4.69) is 36.1 Å². The second-order valence-corrected chi connectivity index (χ2v) is 6.42. The summed E-state index contributed by atoms with van der Waals surface area (Å²) in [6.07, 6.45) is 1.65. The molecule has 0 N–H and O–H groups in total. The monoisotopic (exact) mass is 372 g/mol. The highest BCUT2D eigenvalue weighted by Gasteiger charge is 2.14. The maximum Gasteiger partial charge on any atom is 0.199 e. The maximum absolute atomic E-state index is 5.59. The molecule has 0 atom stereocenters. The Balaban J connectivity index is 1.73. The molecule has 6 nitrogen and oxygen atoms in total. The smallest absolute Gasteiger partial charge is 0.199 e. The molecule has 1 aromatic carbocycles. The van der Waals surface area contributed by atoms with E-state index in [1.807, 2.05) is 40.4 Å². The minimum atomic E-state index is 0.604. The van der Waals surface area contributed by atoms with Crippen LogP contribution in [0.25, 0.3) is 11.6 Å². The van der Waals surface area contributed by atoms with Gasteiger partial charge in [-0.25, -0.2) is 4.68 Å². The highest BCUT2D eigenvalue weighted by Crippen LogP contribution is 2.19. The molecule has 3 aromatic rings. The molecule has 0 saturated carbocycles.